The highest BCUT2D eigenvalue weighted by Crippen LogP contribution is 2.28. The summed E-state index contributed by atoms with van der Waals surface area (Å²) in [7, 11) is 0. The molecule has 120 valence electrons. The van der Waals surface area contributed by atoms with E-state index in [0.717, 1.165) is 0 Å². The molecule has 0 unspecified atom stereocenters. The number of aryl methyl sites for hydroxylation is 1. The molecule has 0 radical (unpaired) electrons. The molecule has 0 aromatic heterocycles. The second-order valence-corrected chi connectivity index (χ2v) is 6.31. The van der Waals surface area contributed by atoms with Gasteiger partial charge in [0.15, 0.2) is 0 Å². The molecule has 0 spiro atoms. The van der Waals surface area contributed by atoms with Gasteiger partial charge in [-0.05, 0) is 30.2 Å². The maximum atomic E-state index is 12.0. The van der Waals surface area contributed by atoms with Gasteiger partial charge in [0.1, 0.15) is 5.69 Å². The van der Waals surface area contributed by atoms with Crippen LogP contribution in [0.2, 0.25) is 5.02 Å². The minimum absolute atomic E-state index is 0.115. The molecule has 0 fully saturated rings. The van der Waals surface area contributed by atoms with Gasteiger partial charge in [-0.2, -0.15) is 0 Å². The van der Waals surface area contributed by atoms with E-state index in [4.69, 9.17) is 11.6 Å². The summed E-state index contributed by atoms with van der Waals surface area (Å²) < 4.78 is 0. The Labute approximate surface area is 143 Å². The molecule has 0 saturated carbocycles. The summed E-state index contributed by atoms with van der Waals surface area (Å²) in [4.78, 5) is 22.4. The van der Waals surface area contributed by atoms with Crippen LogP contribution in [0.1, 0.15) is 11.1 Å². The highest BCUT2D eigenvalue weighted by molar-refractivity contribution is 7.99. The Hall–Kier alpha value is -2.05. The van der Waals surface area contributed by atoms with Crippen LogP contribution >= 0.6 is 23.4 Å². The number of hydrogen-bond donors (Lipinski definition) is 1. The quantitative estimate of drug-likeness (QED) is 0.618. The van der Waals surface area contributed by atoms with E-state index in [-0.39, 0.29) is 23.0 Å². The third-order valence-corrected chi connectivity index (χ3v) is 4.40. The molecule has 0 saturated heterocycles. The topological polar surface area (TPSA) is 72.2 Å². The van der Waals surface area contributed by atoms with E-state index < -0.39 is 4.92 Å². The van der Waals surface area contributed by atoms with E-state index in [0.29, 0.717) is 10.8 Å². The maximum Gasteiger partial charge on any atom is 0.292 e. The third kappa shape index (κ3) is 4.97. The predicted molar refractivity (Wildman–Crippen MR) is 94.1 cm³/mol. The van der Waals surface area contributed by atoms with Gasteiger partial charge in [0.25, 0.3) is 5.69 Å². The van der Waals surface area contributed by atoms with Crippen LogP contribution in [0.4, 0.5) is 11.4 Å². The lowest BCUT2D eigenvalue weighted by Gasteiger charge is -2.07. The Kier molecular flexibility index (Phi) is 6.01. The molecule has 1 amide bonds. The third-order valence-electron chi connectivity index (χ3n) is 3.18. The molecule has 2 rings (SSSR count). The van der Waals surface area contributed by atoms with Gasteiger partial charge in [0.05, 0.1) is 10.7 Å². The Bertz CT molecular complexity index is 737. The number of nitro benzene ring substituents is 1. The van der Waals surface area contributed by atoms with Crippen LogP contribution in [-0.2, 0) is 10.5 Å². The normalized spacial score (nSPS) is 10.3. The van der Waals surface area contributed by atoms with Crippen LogP contribution in [0.15, 0.2) is 42.5 Å². The minimum atomic E-state index is -0.549. The van der Waals surface area contributed by atoms with Crippen LogP contribution in [-0.4, -0.2) is 16.6 Å². The van der Waals surface area contributed by atoms with Crippen molar-refractivity contribution in [1.29, 1.82) is 0 Å². The van der Waals surface area contributed by atoms with Crippen molar-refractivity contribution in [2.75, 3.05) is 11.1 Å². The Morgan fingerprint density at radius 2 is 2.04 bits per heavy atom. The molecule has 0 bridgehead atoms. The molecule has 0 atom stereocenters. The number of carbonyl (C=O) groups is 1. The number of nitrogens with one attached hydrogen (secondary N) is 1. The standard InChI is InChI=1S/C16H15ClN2O3S/c1-11-4-2-3-5-12(11)9-23-10-16(20)18-14-8-13(17)6-7-15(14)19(21)22/h2-8H,9-10H2,1H3,(H,18,20). The summed E-state index contributed by atoms with van der Waals surface area (Å²) in [5.74, 6) is 0.615. The van der Waals surface area contributed by atoms with Crippen LogP contribution in [0.3, 0.4) is 0 Å². The summed E-state index contributed by atoms with van der Waals surface area (Å²) >= 11 is 7.28. The summed E-state index contributed by atoms with van der Waals surface area (Å²) in [6, 6.07) is 12.0. The lowest BCUT2D eigenvalue weighted by atomic mass is 10.1. The van der Waals surface area contributed by atoms with Gasteiger partial charge >= 0.3 is 0 Å². The summed E-state index contributed by atoms with van der Waals surface area (Å²) in [6.07, 6.45) is 0. The van der Waals surface area contributed by atoms with Crippen LogP contribution in [0, 0.1) is 17.0 Å². The predicted octanol–water partition coefficient (Wildman–Crippen LogP) is 4.43. The fraction of sp³-hybridized carbons (Fsp3) is 0.188. The van der Waals surface area contributed by atoms with Crippen LogP contribution < -0.4 is 5.32 Å². The van der Waals surface area contributed by atoms with Gasteiger partial charge in [-0.25, -0.2) is 0 Å². The van der Waals surface area contributed by atoms with E-state index >= 15 is 0 Å². The van der Waals surface area contributed by atoms with Crippen molar-refractivity contribution in [2.24, 2.45) is 0 Å². The van der Waals surface area contributed by atoms with Crippen molar-refractivity contribution in [3.8, 4) is 0 Å². The van der Waals surface area contributed by atoms with E-state index in [1.807, 2.05) is 31.2 Å². The number of carbonyl (C=O) groups excluding carboxylic acids is 1. The molecular formula is C16H15ClN2O3S. The zero-order valence-electron chi connectivity index (χ0n) is 12.4. The smallest absolute Gasteiger partial charge is 0.292 e. The number of thioether (sulfide) groups is 1. The van der Waals surface area contributed by atoms with Gasteiger partial charge in [-0.3, -0.25) is 14.9 Å². The Morgan fingerprint density at radius 1 is 1.30 bits per heavy atom. The molecule has 7 heteroatoms. The molecule has 0 aliphatic carbocycles. The van der Waals surface area contributed by atoms with Gasteiger partial charge < -0.3 is 5.32 Å². The first kappa shape index (κ1) is 17.3. The fourth-order valence-electron chi connectivity index (χ4n) is 1.98. The fourth-order valence-corrected chi connectivity index (χ4v) is 3.06. The van der Waals surface area contributed by atoms with E-state index in [9.17, 15) is 14.9 Å². The summed E-state index contributed by atoms with van der Waals surface area (Å²) in [5.41, 5.74) is 2.28. The molecule has 5 nitrogen and oxygen atoms in total. The van der Waals surface area contributed by atoms with Crippen molar-refractivity contribution in [3.63, 3.8) is 0 Å². The Balaban J connectivity index is 1.94. The maximum absolute atomic E-state index is 12.0. The molecular weight excluding hydrogens is 336 g/mol. The molecule has 0 heterocycles. The number of nitrogens with zero attached hydrogens (tertiary/aromatic N) is 1. The summed E-state index contributed by atoms with van der Waals surface area (Å²) in [5, 5.41) is 13.8. The number of anilines is 1. The van der Waals surface area contributed by atoms with Crippen molar-refractivity contribution < 1.29 is 9.72 Å². The van der Waals surface area contributed by atoms with Gasteiger partial charge in [0.2, 0.25) is 5.91 Å². The molecule has 1 N–H and O–H groups in total. The van der Waals surface area contributed by atoms with Crippen molar-refractivity contribution >= 4 is 40.6 Å². The second kappa shape index (κ2) is 7.99. The summed E-state index contributed by atoms with van der Waals surface area (Å²) in [6.45, 7) is 2.02. The van der Waals surface area contributed by atoms with E-state index in [1.165, 1.54) is 41.1 Å². The van der Waals surface area contributed by atoms with Crippen molar-refractivity contribution in [1.82, 2.24) is 0 Å². The first-order valence-corrected chi connectivity index (χ1v) is 8.36. The lowest BCUT2D eigenvalue weighted by Crippen LogP contribution is -2.15. The highest BCUT2D eigenvalue weighted by Gasteiger charge is 2.16. The molecule has 2 aromatic rings. The minimum Gasteiger partial charge on any atom is -0.320 e. The zero-order valence-corrected chi connectivity index (χ0v) is 14.0. The second-order valence-electron chi connectivity index (χ2n) is 4.89. The van der Waals surface area contributed by atoms with Crippen LogP contribution in [0.5, 0.6) is 0 Å². The van der Waals surface area contributed by atoms with Crippen molar-refractivity contribution in [2.45, 2.75) is 12.7 Å². The Morgan fingerprint density at radius 3 is 2.74 bits per heavy atom. The molecule has 23 heavy (non-hydrogen) atoms. The number of rotatable bonds is 6. The monoisotopic (exact) mass is 350 g/mol. The van der Waals surface area contributed by atoms with Crippen molar-refractivity contribution in [3.05, 3.63) is 68.7 Å². The van der Waals surface area contributed by atoms with Crippen LogP contribution in [0.25, 0.3) is 0 Å². The largest absolute Gasteiger partial charge is 0.320 e. The zero-order chi connectivity index (χ0) is 16.8. The average Bonchev–Trinajstić information content (AvgIpc) is 2.49. The average molecular weight is 351 g/mol. The number of nitro groups is 1. The molecule has 0 aliphatic heterocycles. The van der Waals surface area contributed by atoms with Gasteiger partial charge in [0, 0.05) is 16.8 Å². The number of halogens is 1. The number of amides is 1. The first-order valence-electron chi connectivity index (χ1n) is 6.83. The van der Waals surface area contributed by atoms with Gasteiger partial charge in [-0.15, -0.1) is 11.8 Å². The number of benzene rings is 2. The molecule has 2 aromatic carbocycles. The first-order chi connectivity index (χ1) is 11.0. The lowest BCUT2D eigenvalue weighted by molar-refractivity contribution is -0.383. The number of hydrogen-bond acceptors (Lipinski definition) is 4. The van der Waals surface area contributed by atoms with E-state index in [1.54, 1.807) is 0 Å². The molecule has 0 aliphatic rings. The SMILES string of the molecule is Cc1ccccc1CSCC(=O)Nc1cc(Cl)ccc1[N+](=O)[O-]. The van der Waals surface area contributed by atoms with Gasteiger partial charge in [-0.1, -0.05) is 35.9 Å². The van der Waals surface area contributed by atoms with E-state index in [2.05, 4.69) is 5.32 Å². The highest BCUT2D eigenvalue weighted by atomic mass is 35.5.